The molecule has 1 unspecified atom stereocenters. The number of aliphatic hydroxyl groups is 1. The lowest BCUT2D eigenvalue weighted by atomic mass is 10.0. The standard InChI is InChI=1S/C22H22O5/c1-25-20-12-16(8-10-18(20)23)22(24)17-9-11-19(21(13-17)26-2)27-14-15-6-4-3-5-7-15/h3-13,22-24H,14H2,1-2H3. The van der Waals surface area contributed by atoms with Gasteiger partial charge in [-0.2, -0.15) is 0 Å². The lowest BCUT2D eigenvalue weighted by Gasteiger charge is -2.16. The van der Waals surface area contributed by atoms with E-state index in [9.17, 15) is 10.2 Å². The third-order valence-electron chi connectivity index (χ3n) is 4.26. The molecule has 0 aliphatic rings. The third kappa shape index (κ3) is 4.33. The molecule has 0 aliphatic carbocycles. The molecule has 2 N–H and O–H groups in total. The Bertz CT molecular complexity index is 892. The van der Waals surface area contributed by atoms with Crippen LogP contribution in [-0.4, -0.2) is 24.4 Å². The third-order valence-corrected chi connectivity index (χ3v) is 4.26. The average molecular weight is 366 g/mol. The van der Waals surface area contributed by atoms with Crippen molar-refractivity contribution < 1.29 is 24.4 Å². The fourth-order valence-electron chi connectivity index (χ4n) is 2.77. The van der Waals surface area contributed by atoms with E-state index >= 15 is 0 Å². The van der Waals surface area contributed by atoms with Crippen molar-refractivity contribution in [2.45, 2.75) is 12.7 Å². The van der Waals surface area contributed by atoms with E-state index in [0.29, 0.717) is 35.0 Å². The van der Waals surface area contributed by atoms with Gasteiger partial charge in [0.2, 0.25) is 0 Å². The number of aliphatic hydroxyl groups excluding tert-OH is 1. The van der Waals surface area contributed by atoms with Crippen molar-refractivity contribution in [2.75, 3.05) is 14.2 Å². The van der Waals surface area contributed by atoms with Gasteiger partial charge < -0.3 is 24.4 Å². The minimum absolute atomic E-state index is 0.0238. The predicted octanol–water partition coefficient (Wildman–Crippen LogP) is 4.07. The largest absolute Gasteiger partial charge is 0.504 e. The molecule has 0 spiro atoms. The summed E-state index contributed by atoms with van der Waals surface area (Å²) in [5, 5.41) is 20.4. The second-order valence-electron chi connectivity index (χ2n) is 6.02. The highest BCUT2D eigenvalue weighted by Crippen LogP contribution is 2.35. The van der Waals surface area contributed by atoms with E-state index in [1.807, 2.05) is 30.3 Å². The molecule has 0 bridgehead atoms. The molecule has 0 aliphatic heterocycles. The number of aromatic hydroxyl groups is 1. The molecule has 0 saturated heterocycles. The maximum atomic E-state index is 10.7. The summed E-state index contributed by atoms with van der Waals surface area (Å²) in [5.74, 6) is 1.46. The van der Waals surface area contributed by atoms with Gasteiger partial charge in [0.15, 0.2) is 23.0 Å². The molecule has 5 heteroatoms. The topological polar surface area (TPSA) is 68.2 Å². The number of methoxy groups -OCH3 is 2. The van der Waals surface area contributed by atoms with E-state index < -0.39 is 6.10 Å². The average Bonchev–Trinajstić information content (AvgIpc) is 2.72. The summed E-state index contributed by atoms with van der Waals surface area (Å²) in [5.41, 5.74) is 2.30. The van der Waals surface area contributed by atoms with Crippen LogP contribution in [0.4, 0.5) is 0 Å². The Morgan fingerprint density at radius 1 is 0.778 bits per heavy atom. The van der Waals surface area contributed by atoms with Crippen LogP contribution in [0.3, 0.4) is 0 Å². The van der Waals surface area contributed by atoms with Gasteiger partial charge in [0.1, 0.15) is 12.7 Å². The monoisotopic (exact) mass is 366 g/mol. The molecular formula is C22H22O5. The second kappa shape index (κ2) is 8.47. The van der Waals surface area contributed by atoms with Crippen LogP contribution in [-0.2, 0) is 6.61 Å². The van der Waals surface area contributed by atoms with Gasteiger partial charge in [0.25, 0.3) is 0 Å². The maximum absolute atomic E-state index is 10.7. The van der Waals surface area contributed by atoms with Gasteiger partial charge in [-0.25, -0.2) is 0 Å². The number of phenolic OH excluding ortho intramolecular Hbond substituents is 1. The van der Waals surface area contributed by atoms with Crippen molar-refractivity contribution in [3.05, 3.63) is 83.4 Å². The van der Waals surface area contributed by atoms with Gasteiger partial charge in [0, 0.05) is 0 Å². The first kappa shape index (κ1) is 18.6. The summed E-state index contributed by atoms with van der Waals surface area (Å²) >= 11 is 0. The summed E-state index contributed by atoms with van der Waals surface area (Å²) in [6.07, 6.45) is -0.892. The van der Waals surface area contributed by atoms with E-state index in [4.69, 9.17) is 14.2 Å². The molecule has 3 rings (SSSR count). The van der Waals surface area contributed by atoms with Gasteiger partial charge in [-0.3, -0.25) is 0 Å². The van der Waals surface area contributed by atoms with Crippen LogP contribution in [0.25, 0.3) is 0 Å². The highest BCUT2D eigenvalue weighted by Gasteiger charge is 2.16. The lowest BCUT2D eigenvalue weighted by Crippen LogP contribution is -2.02. The quantitative estimate of drug-likeness (QED) is 0.660. The normalized spacial score (nSPS) is 11.7. The Balaban J connectivity index is 1.80. The molecule has 0 amide bonds. The van der Waals surface area contributed by atoms with Crippen LogP contribution in [0.15, 0.2) is 66.7 Å². The van der Waals surface area contributed by atoms with E-state index in [1.54, 1.807) is 37.4 Å². The van der Waals surface area contributed by atoms with Crippen molar-refractivity contribution in [1.82, 2.24) is 0 Å². The summed E-state index contributed by atoms with van der Waals surface area (Å²) in [7, 11) is 3.03. The molecule has 5 nitrogen and oxygen atoms in total. The zero-order chi connectivity index (χ0) is 19.2. The second-order valence-corrected chi connectivity index (χ2v) is 6.02. The summed E-state index contributed by atoms with van der Waals surface area (Å²) in [6, 6.07) is 19.9. The molecule has 0 saturated carbocycles. The highest BCUT2D eigenvalue weighted by molar-refractivity contribution is 5.48. The Hall–Kier alpha value is -3.18. The minimum atomic E-state index is -0.892. The first-order chi connectivity index (χ1) is 13.1. The van der Waals surface area contributed by atoms with Gasteiger partial charge in [-0.1, -0.05) is 42.5 Å². The van der Waals surface area contributed by atoms with Crippen LogP contribution in [0.5, 0.6) is 23.0 Å². The molecule has 3 aromatic carbocycles. The number of hydrogen-bond donors (Lipinski definition) is 2. The molecule has 3 aromatic rings. The lowest BCUT2D eigenvalue weighted by molar-refractivity contribution is 0.218. The molecule has 0 aromatic heterocycles. The van der Waals surface area contributed by atoms with Crippen LogP contribution in [0.1, 0.15) is 22.8 Å². The first-order valence-electron chi connectivity index (χ1n) is 8.52. The van der Waals surface area contributed by atoms with Crippen LogP contribution < -0.4 is 14.2 Å². The summed E-state index contributed by atoms with van der Waals surface area (Å²) in [6.45, 7) is 0.425. The summed E-state index contributed by atoms with van der Waals surface area (Å²) in [4.78, 5) is 0. The SMILES string of the molecule is COc1cc(C(O)c2ccc(OCc3ccccc3)c(OC)c2)ccc1O. The van der Waals surface area contributed by atoms with Crippen molar-refractivity contribution in [1.29, 1.82) is 0 Å². The van der Waals surface area contributed by atoms with Gasteiger partial charge in [0.05, 0.1) is 14.2 Å². The van der Waals surface area contributed by atoms with Crippen molar-refractivity contribution in [2.24, 2.45) is 0 Å². The van der Waals surface area contributed by atoms with E-state index in [0.717, 1.165) is 5.56 Å². The number of ether oxygens (including phenoxy) is 3. The molecule has 0 fully saturated rings. The van der Waals surface area contributed by atoms with Crippen LogP contribution in [0.2, 0.25) is 0 Å². The smallest absolute Gasteiger partial charge is 0.161 e. The molecule has 27 heavy (non-hydrogen) atoms. The minimum Gasteiger partial charge on any atom is -0.504 e. The van der Waals surface area contributed by atoms with E-state index in [2.05, 4.69) is 0 Å². The highest BCUT2D eigenvalue weighted by atomic mass is 16.5. The van der Waals surface area contributed by atoms with Gasteiger partial charge >= 0.3 is 0 Å². The predicted molar refractivity (Wildman–Crippen MR) is 102 cm³/mol. The zero-order valence-corrected chi connectivity index (χ0v) is 15.3. The van der Waals surface area contributed by atoms with Crippen LogP contribution >= 0.6 is 0 Å². The Labute approximate surface area is 158 Å². The maximum Gasteiger partial charge on any atom is 0.161 e. The Kier molecular flexibility index (Phi) is 5.84. The number of rotatable bonds is 7. The molecule has 0 radical (unpaired) electrons. The fourth-order valence-corrected chi connectivity index (χ4v) is 2.77. The summed E-state index contributed by atoms with van der Waals surface area (Å²) < 4.78 is 16.4. The number of phenols is 1. The number of benzene rings is 3. The van der Waals surface area contributed by atoms with Crippen molar-refractivity contribution in [3.8, 4) is 23.0 Å². The Morgan fingerprint density at radius 3 is 2.07 bits per heavy atom. The Morgan fingerprint density at radius 2 is 1.41 bits per heavy atom. The van der Waals surface area contributed by atoms with E-state index in [-0.39, 0.29) is 5.75 Å². The van der Waals surface area contributed by atoms with Crippen LogP contribution in [0, 0.1) is 0 Å². The zero-order valence-electron chi connectivity index (χ0n) is 15.3. The van der Waals surface area contributed by atoms with Gasteiger partial charge in [-0.05, 0) is 41.0 Å². The molecule has 1 atom stereocenters. The van der Waals surface area contributed by atoms with Crippen molar-refractivity contribution in [3.63, 3.8) is 0 Å². The molecule has 0 heterocycles. The van der Waals surface area contributed by atoms with Gasteiger partial charge in [-0.15, -0.1) is 0 Å². The molecular weight excluding hydrogens is 344 g/mol. The fraction of sp³-hybridized carbons (Fsp3) is 0.182. The number of hydrogen-bond acceptors (Lipinski definition) is 5. The first-order valence-corrected chi connectivity index (χ1v) is 8.52. The van der Waals surface area contributed by atoms with E-state index in [1.165, 1.54) is 13.2 Å². The molecule has 140 valence electrons. The van der Waals surface area contributed by atoms with Crippen molar-refractivity contribution >= 4 is 0 Å².